The van der Waals surface area contributed by atoms with Gasteiger partial charge in [0.15, 0.2) is 0 Å². The SMILES string of the molecule is Cc1nn(-c2ccccc2)c(C)c1CNC(CO)CO. The molecule has 2 aromatic rings. The maximum atomic E-state index is 9.08. The van der Waals surface area contributed by atoms with Crippen molar-refractivity contribution >= 4 is 0 Å². The maximum absolute atomic E-state index is 9.08. The molecule has 0 spiro atoms. The van der Waals surface area contributed by atoms with Gasteiger partial charge in [-0.2, -0.15) is 5.10 Å². The van der Waals surface area contributed by atoms with E-state index in [0.29, 0.717) is 6.54 Å². The van der Waals surface area contributed by atoms with Crippen LogP contribution in [0.1, 0.15) is 17.0 Å². The fraction of sp³-hybridized carbons (Fsp3) is 0.400. The summed E-state index contributed by atoms with van der Waals surface area (Å²) in [4.78, 5) is 0. The molecule has 5 heteroatoms. The van der Waals surface area contributed by atoms with Crippen LogP contribution in [0.15, 0.2) is 30.3 Å². The molecule has 0 amide bonds. The normalized spacial score (nSPS) is 11.2. The van der Waals surface area contributed by atoms with Crippen molar-refractivity contribution < 1.29 is 10.2 Å². The number of hydrogen-bond acceptors (Lipinski definition) is 4. The summed E-state index contributed by atoms with van der Waals surface area (Å²) in [6.45, 7) is 4.41. The minimum absolute atomic E-state index is 0.0819. The van der Waals surface area contributed by atoms with Crippen LogP contribution in [-0.4, -0.2) is 39.2 Å². The van der Waals surface area contributed by atoms with Gasteiger partial charge in [0, 0.05) is 17.8 Å². The van der Waals surface area contributed by atoms with E-state index >= 15 is 0 Å². The molecule has 108 valence electrons. The maximum Gasteiger partial charge on any atom is 0.0648 e. The standard InChI is InChI=1S/C15H21N3O2/c1-11-15(8-16-13(9-19)10-20)12(2)18(17-11)14-6-4-3-5-7-14/h3-7,13,16,19-20H,8-10H2,1-2H3. The Bertz CT molecular complexity index is 548. The lowest BCUT2D eigenvalue weighted by Gasteiger charge is -2.13. The molecule has 0 aliphatic rings. The molecule has 5 nitrogen and oxygen atoms in total. The average Bonchev–Trinajstić information content (AvgIpc) is 2.77. The second-order valence-corrected chi connectivity index (χ2v) is 4.84. The molecule has 20 heavy (non-hydrogen) atoms. The number of benzene rings is 1. The molecule has 0 aliphatic carbocycles. The predicted octanol–water partition coefficient (Wildman–Crippen LogP) is 0.932. The van der Waals surface area contributed by atoms with Gasteiger partial charge in [-0.25, -0.2) is 4.68 Å². The van der Waals surface area contributed by atoms with Gasteiger partial charge in [0.05, 0.1) is 30.6 Å². The van der Waals surface area contributed by atoms with E-state index in [-0.39, 0.29) is 19.3 Å². The fourth-order valence-electron chi connectivity index (χ4n) is 2.18. The summed E-state index contributed by atoms with van der Waals surface area (Å²) >= 11 is 0. The smallest absolute Gasteiger partial charge is 0.0648 e. The Morgan fingerprint density at radius 2 is 1.80 bits per heavy atom. The highest BCUT2D eigenvalue weighted by molar-refractivity contribution is 5.36. The Labute approximate surface area is 118 Å². The molecule has 0 atom stereocenters. The topological polar surface area (TPSA) is 70.3 Å². The van der Waals surface area contributed by atoms with E-state index in [1.807, 2.05) is 48.9 Å². The Morgan fingerprint density at radius 1 is 1.15 bits per heavy atom. The highest BCUT2D eigenvalue weighted by atomic mass is 16.3. The van der Waals surface area contributed by atoms with Gasteiger partial charge in [0.25, 0.3) is 0 Å². The van der Waals surface area contributed by atoms with Gasteiger partial charge in [-0.3, -0.25) is 0 Å². The third-order valence-electron chi connectivity index (χ3n) is 3.45. The Morgan fingerprint density at radius 3 is 2.40 bits per heavy atom. The van der Waals surface area contributed by atoms with Crippen LogP contribution in [0.5, 0.6) is 0 Å². The fourth-order valence-corrected chi connectivity index (χ4v) is 2.18. The molecule has 0 unspecified atom stereocenters. The second kappa shape index (κ2) is 6.65. The predicted molar refractivity (Wildman–Crippen MR) is 77.8 cm³/mol. The number of para-hydroxylation sites is 1. The zero-order valence-electron chi connectivity index (χ0n) is 11.9. The molecule has 0 aliphatic heterocycles. The molecular weight excluding hydrogens is 254 g/mol. The molecule has 2 rings (SSSR count). The number of nitrogens with one attached hydrogen (secondary N) is 1. The zero-order chi connectivity index (χ0) is 14.5. The lowest BCUT2D eigenvalue weighted by molar-refractivity contribution is 0.170. The van der Waals surface area contributed by atoms with E-state index in [0.717, 1.165) is 22.6 Å². The Hall–Kier alpha value is -1.69. The number of aromatic nitrogens is 2. The molecule has 0 saturated heterocycles. The highest BCUT2D eigenvalue weighted by Crippen LogP contribution is 2.17. The molecule has 1 aromatic carbocycles. The van der Waals surface area contributed by atoms with Crippen LogP contribution >= 0.6 is 0 Å². The molecule has 3 N–H and O–H groups in total. The summed E-state index contributed by atoms with van der Waals surface area (Å²) in [6, 6.07) is 9.68. The lowest BCUT2D eigenvalue weighted by Crippen LogP contribution is -2.35. The van der Waals surface area contributed by atoms with Crippen molar-refractivity contribution in [1.82, 2.24) is 15.1 Å². The van der Waals surface area contributed by atoms with Crippen LogP contribution in [0.4, 0.5) is 0 Å². The van der Waals surface area contributed by atoms with Crippen molar-refractivity contribution in [2.75, 3.05) is 13.2 Å². The molecule has 1 heterocycles. The van der Waals surface area contributed by atoms with Crippen molar-refractivity contribution in [3.8, 4) is 5.69 Å². The van der Waals surface area contributed by atoms with Crippen LogP contribution in [0.25, 0.3) is 5.69 Å². The first kappa shape index (κ1) is 14.7. The summed E-state index contributed by atoms with van der Waals surface area (Å²) in [5.74, 6) is 0. The minimum Gasteiger partial charge on any atom is -0.395 e. The van der Waals surface area contributed by atoms with Crippen molar-refractivity contribution in [3.63, 3.8) is 0 Å². The van der Waals surface area contributed by atoms with Crippen LogP contribution in [-0.2, 0) is 6.54 Å². The third-order valence-corrected chi connectivity index (χ3v) is 3.45. The number of hydrogen-bond donors (Lipinski definition) is 3. The Balaban J connectivity index is 2.21. The Kier molecular flexibility index (Phi) is 4.89. The van der Waals surface area contributed by atoms with Crippen molar-refractivity contribution in [1.29, 1.82) is 0 Å². The lowest BCUT2D eigenvalue weighted by atomic mass is 10.2. The number of aliphatic hydroxyl groups is 2. The van der Waals surface area contributed by atoms with E-state index in [1.54, 1.807) is 0 Å². The van der Waals surface area contributed by atoms with Crippen LogP contribution < -0.4 is 5.32 Å². The summed E-state index contributed by atoms with van der Waals surface area (Å²) in [5, 5.41) is 25.9. The van der Waals surface area contributed by atoms with Gasteiger partial charge in [0.2, 0.25) is 0 Å². The average molecular weight is 275 g/mol. The summed E-state index contributed by atoms with van der Waals surface area (Å²) in [5.41, 5.74) is 4.14. The van der Waals surface area contributed by atoms with Crippen LogP contribution in [0, 0.1) is 13.8 Å². The van der Waals surface area contributed by atoms with Crippen LogP contribution in [0.2, 0.25) is 0 Å². The molecular formula is C15H21N3O2. The molecule has 0 bridgehead atoms. The molecule has 0 fully saturated rings. The van der Waals surface area contributed by atoms with E-state index < -0.39 is 0 Å². The van der Waals surface area contributed by atoms with Crippen molar-refractivity contribution in [2.45, 2.75) is 26.4 Å². The van der Waals surface area contributed by atoms with Gasteiger partial charge in [0.1, 0.15) is 0 Å². The van der Waals surface area contributed by atoms with Gasteiger partial charge < -0.3 is 15.5 Å². The van der Waals surface area contributed by atoms with Crippen molar-refractivity contribution in [2.24, 2.45) is 0 Å². The van der Waals surface area contributed by atoms with Gasteiger partial charge in [-0.05, 0) is 26.0 Å². The summed E-state index contributed by atoms with van der Waals surface area (Å²) in [7, 11) is 0. The monoisotopic (exact) mass is 275 g/mol. The molecule has 1 aromatic heterocycles. The number of aryl methyl sites for hydroxylation is 1. The summed E-state index contributed by atoms with van der Waals surface area (Å²) in [6.07, 6.45) is 0. The second-order valence-electron chi connectivity index (χ2n) is 4.84. The first-order valence-corrected chi connectivity index (χ1v) is 6.73. The van der Waals surface area contributed by atoms with E-state index in [9.17, 15) is 0 Å². The highest BCUT2D eigenvalue weighted by Gasteiger charge is 2.14. The summed E-state index contributed by atoms with van der Waals surface area (Å²) < 4.78 is 1.92. The quantitative estimate of drug-likeness (QED) is 0.733. The first-order valence-electron chi connectivity index (χ1n) is 6.73. The van der Waals surface area contributed by atoms with Gasteiger partial charge in [-0.15, -0.1) is 0 Å². The van der Waals surface area contributed by atoms with Gasteiger partial charge >= 0.3 is 0 Å². The van der Waals surface area contributed by atoms with E-state index in [2.05, 4.69) is 10.4 Å². The third kappa shape index (κ3) is 3.07. The van der Waals surface area contributed by atoms with E-state index in [1.165, 1.54) is 0 Å². The van der Waals surface area contributed by atoms with Crippen molar-refractivity contribution in [3.05, 3.63) is 47.3 Å². The largest absolute Gasteiger partial charge is 0.395 e. The minimum atomic E-state index is -0.297. The molecule has 0 radical (unpaired) electrons. The van der Waals surface area contributed by atoms with Gasteiger partial charge in [-0.1, -0.05) is 18.2 Å². The van der Waals surface area contributed by atoms with Crippen LogP contribution in [0.3, 0.4) is 0 Å². The van der Waals surface area contributed by atoms with E-state index in [4.69, 9.17) is 10.2 Å². The zero-order valence-corrected chi connectivity index (χ0v) is 11.9. The number of nitrogens with zero attached hydrogens (tertiary/aromatic N) is 2. The number of rotatable bonds is 6. The first-order chi connectivity index (χ1) is 9.67. The molecule has 0 saturated carbocycles. The number of aliphatic hydroxyl groups excluding tert-OH is 2.